The van der Waals surface area contributed by atoms with E-state index in [9.17, 15) is 18.4 Å². The van der Waals surface area contributed by atoms with Gasteiger partial charge in [0.15, 0.2) is 11.5 Å². The lowest BCUT2D eigenvalue weighted by molar-refractivity contribution is -0.139. The van der Waals surface area contributed by atoms with Crippen LogP contribution in [0.5, 0.6) is 11.5 Å². The molecule has 1 aromatic rings. The van der Waals surface area contributed by atoms with Crippen LogP contribution in [0.3, 0.4) is 0 Å². The Morgan fingerprint density at radius 2 is 1.96 bits per heavy atom. The molecule has 2 amide bonds. The van der Waals surface area contributed by atoms with Crippen LogP contribution >= 0.6 is 11.6 Å². The number of hydrogen-bond donors (Lipinski definition) is 0. The van der Waals surface area contributed by atoms with Crippen LogP contribution in [0.2, 0.25) is 5.02 Å². The number of likely N-dealkylation sites (N-methyl/N-ethyl adjacent to an activating group) is 1. The van der Waals surface area contributed by atoms with Gasteiger partial charge in [-0.05, 0) is 31.5 Å². The molecule has 1 aliphatic heterocycles. The second-order valence-corrected chi connectivity index (χ2v) is 6.39. The molecule has 0 spiro atoms. The maximum absolute atomic E-state index is 12.7. The normalized spacial score (nSPS) is 17.3. The van der Waals surface area contributed by atoms with Crippen LogP contribution in [0.25, 0.3) is 0 Å². The predicted molar refractivity (Wildman–Crippen MR) is 97.6 cm³/mol. The SMILES string of the molecule is CCOC(=O)C1=C(C)N(C)C(=O)N(C)[C@@H]1c1cc(Cl)c(OC(F)F)c(OC)c1. The molecule has 1 atom stereocenters. The minimum Gasteiger partial charge on any atom is -0.493 e. The highest BCUT2D eigenvalue weighted by Gasteiger charge is 2.40. The number of carbonyl (C=O) groups excluding carboxylic acids is 2. The standard InChI is InChI=1S/C18H21ClF2N2O5/c1-6-27-16(24)13-9(2)22(3)18(25)23(4)14(13)10-7-11(19)15(28-17(20)21)12(8-10)26-5/h7-8,14,17H,6H2,1-5H3/t14-/m1/s1. The molecule has 0 saturated carbocycles. The van der Waals surface area contributed by atoms with Crippen molar-refractivity contribution in [2.24, 2.45) is 0 Å². The van der Waals surface area contributed by atoms with E-state index in [0.717, 1.165) is 0 Å². The summed E-state index contributed by atoms with van der Waals surface area (Å²) in [5.41, 5.74) is 1.02. The summed E-state index contributed by atoms with van der Waals surface area (Å²) in [5, 5.41) is -0.143. The van der Waals surface area contributed by atoms with Crippen LogP contribution in [-0.2, 0) is 9.53 Å². The lowest BCUT2D eigenvalue weighted by Crippen LogP contribution is -2.47. The van der Waals surface area contributed by atoms with Crippen molar-refractivity contribution in [3.63, 3.8) is 0 Å². The van der Waals surface area contributed by atoms with Gasteiger partial charge in [0, 0.05) is 19.8 Å². The van der Waals surface area contributed by atoms with Crippen LogP contribution in [0.1, 0.15) is 25.5 Å². The van der Waals surface area contributed by atoms with Gasteiger partial charge in [-0.2, -0.15) is 8.78 Å². The molecule has 1 aliphatic rings. The van der Waals surface area contributed by atoms with E-state index in [2.05, 4.69) is 4.74 Å². The maximum atomic E-state index is 12.7. The first-order valence-corrected chi connectivity index (χ1v) is 8.72. The van der Waals surface area contributed by atoms with Gasteiger partial charge in [0.25, 0.3) is 0 Å². The molecule has 0 saturated heterocycles. The molecule has 2 rings (SSSR count). The van der Waals surface area contributed by atoms with Crippen LogP contribution in [0.4, 0.5) is 13.6 Å². The molecule has 0 aliphatic carbocycles. The Hall–Kier alpha value is -2.55. The molecule has 28 heavy (non-hydrogen) atoms. The van der Waals surface area contributed by atoms with E-state index in [1.54, 1.807) is 13.8 Å². The number of rotatable bonds is 6. The second kappa shape index (κ2) is 8.64. The molecule has 0 unspecified atom stereocenters. The number of hydrogen-bond acceptors (Lipinski definition) is 5. The molecular weight excluding hydrogens is 398 g/mol. The van der Waals surface area contributed by atoms with E-state index in [1.165, 1.54) is 43.1 Å². The zero-order valence-corrected chi connectivity index (χ0v) is 16.8. The molecule has 0 aromatic heterocycles. The fourth-order valence-electron chi connectivity index (χ4n) is 3.02. The summed E-state index contributed by atoms with van der Waals surface area (Å²) in [6.07, 6.45) is 0. The largest absolute Gasteiger partial charge is 0.493 e. The van der Waals surface area contributed by atoms with Crippen molar-refractivity contribution >= 4 is 23.6 Å². The highest BCUT2D eigenvalue weighted by atomic mass is 35.5. The highest BCUT2D eigenvalue weighted by molar-refractivity contribution is 6.32. The average Bonchev–Trinajstić information content (AvgIpc) is 2.64. The zero-order chi connectivity index (χ0) is 21.2. The number of urea groups is 1. The summed E-state index contributed by atoms with van der Waals surface area (Å²) in [5.74, 6) is -0.981. The monoisotopic (exact) mass is 418 g/mol. The van der Waals surface area contributed by atoms with Crippen LogP contribution in [0, 0.1) is 0 Å². The Labute approximate surface area is 166 Å². The van der Waals surface area contributed by atoms with Crippen molar-refractivity contribution in [1.29, 1.82) is 0 Å². The van der Waals surface area contributed by atoms with Gasteiger partial charge in [-0.25, -0.2) is 9.59 Å². The molecule has 0 radical (unpaired) electrons. The minimum absolute atomic E-state index is 0.0524. The van der Waals surface area contributed by atoms with Crippen molar-refractivity contribution in [2.75, 3.05) is 27.8 Å². The number of amides is 2. The number of halogens is 3. The Bertz CT molecular complexity index is 815. The summed E-state index contributed by atoms with van der Waals surface area (Å²) < 4.78 is 40.0. The van der Waals surface area contributed by atoms with Crippen molar-refractivity contribution in [3.8, 4) is 11.5 Å². The number of ether oxygens (including phenoxy) is 3. The topological polar surface area (TPSA) is 68.3 Å². The van der Waals surface area contributed by atoms with Crippen LogP contribution in [0.15, 0.2) is 23.4 Å². The lowest BCUT2D eigenvalue weighted by atomic mass is 9.93. The van der Waals surface area contributed by atoms with Crippen LogP contribution < -0.4 is 9.47 Å². The first kappa shape index (κ1) is 21.7. The number of allylic oxidation sites excluding steroid dienone is 1. The molecule has 0 bridgehead atoms. The van der Waals surface area contributed by atoms with Gasteiger partial charge in [-0.15, -0.1) is 0 Å². The third kappa shape index (κ3) is 3.99. The predicted octanol–water partition coefficient (Wildman–Crippen LogP) is 3.83. The number of carbonyl (C=O) groups is 2. The summed E-state index contributed by atoms with van der Waals surface area (Å²) in [6.45, 7) is 0.342. The van der Waals surface area contributed by atoms with Gasteiger partial charge in [-0.1, -0.05) is 11.6 Å². The molecule has 7 nitrogen and oxygen atoms in total. The fraction of sp³-hybridized carbons (Fsp3) is 0.444. The Morgan fingerprint density at radius 1 is 1.32 bits per heavy atom. The second-order valence-electron chi connectivity index (χ2n) is 5.99. The molecule has 1 heterocycles. The van der Waals surface area contributed by atoms with Crippen LogP contribution in [-0.4, -0.2) is 56.2 Å². The Kier molecular flexibility index (Phi) is 6.71. The first-order valence-electron chi connectivity index (χ1n) is 8.34. The van der Waals surface area contributed by atoms with E-state index in [0.29, 0.717) is 11.3 Å². The summed E-state index contributed by atoms with van der Waals surface area (Å²) in [7, 11) is 4.32. The van der Waals surface area contributed by atoms with Crippen molar-refractivity contribution < 1.29 is 32.6 Å². The number of benzene rings is 1. The van der Waals surface area contributed by atoms with Crippen molar-refractivity contribution in [1.82, 2.24) is 9.80 Å². The number of methoxy groups -OCH3 is 1. The fourth-order valence-corrected chi connectivity index (χ4v) is 3.29. The van der Waals surface area contributed by atoms with E-state index < -0.39 is 18.6 Å². The first-order chi connectivity index (χ1) is 13.1. The third-order valence-corrected chi connectivity index (χ3v) is 4.69. The number of alkyl halides is 2. The molecule has 10 heteroatoms. The summed E-state index contributed by atoms with van der Waals surface area (Å²) >= 11 is 6.13. The Balaban J connectivity index is 2.66. The van der Waals surface area contributed by atoms with E-state index in [-0.39, 0.29) is 34.7 Å². The third-order valence-electron chi connectivity index (χ3n) is 4.41. The maximum Gasteiger partial charge on any atom is 0.387 e. The van der Waals surface area contributed by atoms with Crippen molar-refractivity contribution in [3.05, 3.63) is 34.0 Å². The van der Waals surface area contributed by atoms with E-state index in [1.807, 2.05) is 0 Å². The zero-order valence-electron chi connectivity index (χ0n) is 16.1. The average molecular weight is 419 g/mol. The molecule has 0 N–H and O–H groups in total. The molecular formula is C18H21ClF2N2O5. The van der Waals surface area contributed by atoms with Gasteiger partial charge in [0.2, 0.25) is 0 Å². The van der Waals surface area contributed by atoms with Gasteiger partial charge < -0.3 is 24.0 Å². The molecule has 0 fully saturated rings. The summed E-state index contributed by atoms with van der Waals surface area (Å²) in [6, 6.07) is 1.54. The van der Waals surface area contributed by atoms with Crippen molar-refractivity contribution in [2.45, 2.75) is 26.5 Å². The summed E-state index contributed by atoms with van der Waals surface area (Å²) in [4.78, 5) is 27.8. The van der Waals surface area contributed by atoms with E-state index in [4.69, 9.17) is 21.1 Å². The van der Waals surface area contributed by atoms with Gasteiger partial charge >= 0.3 is 18.6 Å². The van der Waals surface area contributed by atoms with E-state index >= 15 is 0 Å². The quantitative estimate of drug-likeness (QED) is 0.657. The Morgan fingerprint density at radius 3 is 2.50 bits per heavy atom. The highest BCUT2D eigenvalue weighted by Crippen LogP contribution is 2.43. The smallest absolute Gasteiger partial charge is 0.387 e. The lowest BCUT2D eigenvalue weighted by Gasteiger charge is -2.39. The number of nitrogens with zero attached hydrogens (tertiary/aromatic N) is 2. The molecule has 1 aromatic carbocycles. The van der Waals surface area contributed by atoms with Gasteiger partial charge in [0.1, 0.15) is 0 Å². The molecule has 154 valence electrons. The van der Waals surface area contributed by atoms with Gasteiger partial charge in [-0.3, -0.25) is 0 Å². The van der Waals surface area contributed by atoms with Gasteiger partial charge in [0.05, 0.1) is 30.4 Å². The number of esters is 1. The minimum atomic E-state index is -3.10.